The molecule has 2 unspecified atom stereocenters. The van der Waals surface area contributed by atoms with Gasteiger partial charge in [0.05, 0.1) is 0 Å². The van der Waals surface area contributed by atoms with Crippen molar-refractivity contribution in [3.8, 4) is 0 Å². The highest BCUT2D eigenvalue weighted by molar-refractivity contribution is 5.88. The summed E-state index contributed by atoms with van der Waals surface area (Å²) in [6, 6.07) is -0.512. The highest BCUT2D eigenvalue weighted by atomic mass is 16.2. The fourth-order valence-electron chi connectivity index (χ4n) is 2.41. The molecule has 1 rings (SSSR count). The van der Waals surface area contributed by atoms with Gasteiger partial charge in [-0.1, -0.05) is 18.9 Å². The Hall–Kier alpha value is -1.32. The number of primary amides is 1. The Balaban J connectivity index is 2.71. The average molecular weight is 238 g/mol. The Bertz CT molecular complexity index is 325. The van der Waals surface area contributed by atoms with Gasteiger partial charge in [0.15, 0.2) is 0 Å². The first-order valence-corrected chi connectivity index (χ1v) is 6.18. The highest BCUT2D eigenvalue weighted by Gasteiger charge is 2.36. The number of carbonyl (C=O) groups is 2. The third kappa shape index (κ3) is 3.58. The molecule has 4 nitrogen and oxygen atoms in total. The van der Waals surface area contributed by atoms with Crippen molar-refractivity contribution >= 4 is 11.8 Å². The molecule has 1 aliphatic heterocycles. The molecular formula is C13H22N2O2. The van der Waals surface area contributed by atoms with E-state index < -0.39 is 11.9 Å². The van der Waals surface area contributed by atoms with Crippen LogP contribution in [0.5, 0.6) is 0 Å². The van der Waals surface area contributed by atoms with Gasteiger partial charge in [-0.05, 0) is 25.7 Å². The molecule has 1 saturated heterocycles. The fraction of sp³-hybridized carbons (Fsp3) is 0.692. The van der Waals surface area contributed by atoms with E-state index in [0.717, 1.165) is 18.4 Å². The molecular weight excluding hydrogens is 216 g/mol. The van der Waals surface area contributed by atoms with E-state index in [-0.39, 0.29) is 5.91 Å². The van der Waals surface area contributed by atoms with Crippen molar-refractivity contribution in [1.29, 1.82) is 0 Å². The number of nitrogens with two attached hydrogens (primary N) is 1. The third-order valence-electron chi connectivity index (χ3n) is 3.18. The first-order chi connectivity index (χ1) is 7.95. The van der Waals surface area contributed by atoms with Gasteiger partial charge in [0.1, 0.15) is 6.04 Å². The van der Waals surface area contributed by atoms with E-state index in [1.807, 2.05) is 6.92 Å². The lowest BCUT2D eigenvalue weighted by Gasteiger charge is -2.25. The molecule has 0 aromatic rings. The van der Waals surface area contributed by atoms with Crippen LogP contribution < -0.4 is 5.73 Å². The van der Waals surface area contributed by atoms with Crippen molar-refractivity contribution in [2.75, 3.05) is 6.54 Å². The van der Waals surface area contributed by atoms with Crippen LogP contribution in [0.1, 0.15) is 39.5 Å². The molecule has 1 heterocycles. The second-order valence-electron chi connectivity index (χ2n) is 4.98. The maximum atomic E-state index is 11.9. The number of likely N-dealkylation sites (tertiary alicyclic amines) is 1. The summed E-state index contributed by atoms with van der Waals surface area (Å²) >= 11 is 0. The van der Waals surface area contributed by atoms with Gasteiger partial charge in [-0.2, -0.15) is 0 Å². The number of amides is 2. The molecule has 17 heavy (non-hydrogen) atoms. The summed E-state index contributed by atoms with van der Waals surface area (Å²) in [7, 11) is 0. The van der Waals surface area contributed by atoms with E-state index in [2.05, 4.69) is 13.5 Å². The molecule has 0 aromatic carbocycles. The zero-order chi connectivity index (χ0) is 13.0. The standard InChI is InChI=1S/C13H22N2O2/c1-4-5-10-7-12(16)15(8-10)11(13(14)17)6-9(2)3/h10-11H,2,4-8H2,1,3H3,(H2,14,17). The summed E-state index contributed by atoms with van der Waals surface area (Å²) in [4.78, 5) is 24.9. The summed E-state index contributed by atoms with van der Waals surface area (Å²) < 4.78 is 0. The topological polar surface area (TPSA) is 63.4 Å². The Kier molecular flexibility index (Phi) is 4.73. The van der Waals surface area contributed by atoms with Crippen LogP contribution in [0.15, 0.2) is 12.2 Å². The Labute approximate surface area is 103 Å². The zero-order valence-corrected chi connectivity index (χ0v) is 10.7. The van der Waals surface area contributed by atoms with E-state index >= 15 is 0 Å². The van der Waals surface area contributed by atoms with Gasteiger partial charge in [-0.25, -0.2) is 0 Å². The van der Waals surface area contributed by atoms with Gasteiger partial charge in [0, 0.05) is 13.0 Å². The second kappa shape index (κ2) is 5.84. The van der Waals surface area contributed by atoms with Crippen molar-refractivity contribution in [3.63, 3.8) is 0 Å². The van der Waals surface area contributed by atoms with Gasteiger partial charge in [-0.15, -0.1) is 6.58 Å². The number of carbonyl (C=O) groups excluding carboxylic acids is 2. The molecule has 0 aromatic heterocycles. The van der Waals surface area contributed by atoms with Crippen LogP contribution in [0.25, 0.3) is 0 Å². The number of nitrogens with zero attached hydrogens (tertiary/aromatic N) is 1. The lowest BCUT2D eigenvalue weighted by molar-refractivity contribution is -0.136. The molecule has 0 bridgehead atoms. The lowest BCUT2D eigenvalue weighted by atomic mass is 10.0. The number of hydrogen-bond acceptors (Lipinski definition) is 2. The van der Waals surface area contributed by atoms with Crippen molar-refractivity contribution < 1.29 is 9.59 Å². The van der Waals surface area contributed by atoms with Gasteiger partial charge < -0.3 is 10.6 Å². The molecule has 0 spiro atoms. The molecule has 0 aliphatic carbocycles. The monoisotopic (exact) mass is 238 g/mol. The van der Waals surface area contributed by atoms with E-state index in [9.17, 15) is 9.59 Å². The highest BCUT2D eigenvalue weighted by Crippen LogP contribution is 2.25. The van der Waals surface area contributed by atoms with Crippen molar-refractivity contribution in [1.82, 2.24) is 4.90 Å². The summed E-state index contributed by atoms with van der Waals surface area (Å²) in [6.45, 7) is 8.39. The van der Waals surface area contributed by atoms with Gasteiger partial charge in [0.2, 0.25) is 11.8 Å². The Morgan fingerprint density at radius 3 is 2.76 bits per heavy atom. The quantitative estimate of drug-likeness (QED) is 0.712. The van der Waals surface area contributed by atoms with Crippen LogP contribution in [0.2, 0.25) is 0 Å². The smallest absolute Gasteiger partial charge is 0.240 e. The first kappa shape index (κ1) is 13.7. The molecule has 1 aliphatic rings. The minimum atomic E-state index is -0.512. The summed E-state index contributed by atoms with van der Waals surface area (Å²) in [6.07, 6.45) is 3.11. The van der Waals surface area contributed by atoms with Crippen LogP contribution in [0.4, 0.5) is 0 Å². The van der Waals surface area contributed by atoms with Crippen LogP contribution in [-0.2, 0) is 9.59 Å². The van der Waals surface area contributed by atoms with Crippen LogP contribution in [0, 0.1) is 5.92 Å². The number of hydrogen-bond donors (Lipinski definition) is 1. The van der Waals surface area contributed by atoms with Gasteiger partial charge >= 0.3 is 0 Å². The molecule has 0 radical (unpaired) electrons. The Morgan fingerprint density at radius 1 is 1.65 bits per heavy atom. The Morgan fingerprint density at radius 2 is 2.29 bits per heavy atom. The fourth-order valence-corrected chi connectivity index (χ4v) is 2.41. The lowest BCUT2D eigenvalue weighted by Crippen LogP contribution is -2.45. The minimum Gasteiger partial charge on any atom is -0.368 e. The molecule has 1 fully saturated rings. The van der Waals surface area contributed by atoms with Gasteiger partial charge in [0.25, 0.3) is 0 Å². The first-order valence-electron chi connectivity index (χ1n) is 6.18. The molecule has 4 heteroatoms. The molecule has 0 saturated carbocycles. The van der Waals surface area contributed by atoms with Gasteiger partial charge in [-0.3, -0.25) is 9.59 Å². The van der Waals surface area contributed by atoms with Crippen molar-refractivity contribution in [2.45, 2.75) is 45.6 Å². The molecule has 2 amide bonds. The van der Waals surface area contributed by atoms with Crippen molar-refractivity contribution in [3.05, 3.63) is 12.2 Å². The maximum Gasteiger partial charge on any atom is 0.240 e. The van der Waals surface area contributed by atoms with E-state index in [0.29, 0.717) is 25.3 Å². The normalized spacial score (nSPS) is 21.6. The second-order valence-corrected chi connectivity index (χ2v) is 4.98. The van der Waals surface area contributed by atoms with Crippen LogP contribution in [-0.4, -0.2) is 29.3 Å². The largest absolute Gasteiger partial charge is 0.368 e. The SMILES string of the molecule is C=C(C)CC(C(N)=O)N1CC(CCC)CC1=O. The van der Waals surface area contributed by atoms with E-state index in [1.54, 1.807) is 4.90 Å². The molecule has 2 N–H and O–H groups in total. The minimum absolute atomic E-state index is 0.0495. The van der Waals surface area contributed by atoms with Crippen LogP contribution in [0.3, 0.4) is 0 Å². The predicted octanol–water partition coefficient (Wildman–Crippen LogP) is 1.46. The summed E-state index contributed by atoms with van der Waals surface area (Å²) in [5.41, 5.74) is 6.25. The summed E-state index contributed by atoms with van der Waals surface area (Å²) in [5.74, 6) is -0.00790. The van der Waals surface area contributed by atoms with E-state index in [1.165, 1.54) is 0 Å². The van der Waals surface area contributed by atoms with E-state index in [4.69, 9.17) is 5.73 Å². The number of rotatable bonds is 6. The predicted molar refractivity (Wildman–Crippen MR) is 67.1 cm³/mol. The zero-order valence-electron chi connectivity index (χ0n) is 10.7. The maximum absolute atomic E-state index is 11.9. The van der Waals surface area contributed by atoms with Crippen LogP contribution >= 0.6 is 0 Å². The molecule has 96 valence electrons. The summed E-state index contributed by atoms with van der Waals surface area (Å²) in [5, 5.41) is 0. The van der Waals surface area contributed by atoms with Crippen molar-refractivity contribution in [2.24, 2.45) is 11.7 Å². The average Bonchev–Trinajstić information content (AvgIpc) is 2.56. The third-order valence-corrected chi connectivity index (χ3v) is 3.18. The molecule has 2 atom stereocenters.